The lowest BCUT2D eigenvalue weighted by atomic mass is 10.1. The summed E-state index contributed by atoms with van der Waals surface area (Å²) in [6.45, 7) is 0.243. The van der Waals surface area contributed by atoms with Crippen molar-refractivity contribution in [3.05, 3.63) is 81.6 Å². The molecule has 0 aliphatic rings. The van der Waals surface area contributed by atoms with Crippen LogP contribution in [0.2, 0.25) is 5.02 Å². The SMILES string of the molecule is O=C(NCc1cn2cc(Cl)ccc2n1)c1cc2ccccc2c(=O)[nH]1. The molecule has 124 valence electrons. The van der Waals surface area contributed by atoms with Crippen LogP contribution >= 0.6 is 11.6 Å². The summed E-state index contributed by atoms with van der Waals surface area (Å²) in [6.07, 6.45) is 3.54. The van der Waals surface area contributed by atoms with Crippen LogP contribution in [-0.4, -0.2) is 20.3 Å². The van der Waals surface area contributed by atoms with Crippen LogP contribution in [0.1, 0.15) is 16.2 Å². The van der Waals surface area contributed by atoms with Crippen molar-refractivity contribution in [3.8, 4) is 0 Å². The molecule has 0 saturated heterocycles. The van der Waals surface area contributed by atoms with E-state index in [0.717, 1.165) is 11.0 Å². The van der Waals surface area contributed by atoms with E-state index in [9.17, 15) is 9.59 Å². The lowest BCUT2D eigenvalue weighted by molar-refractivity contribution is 0.0945. The van der Waals surface area contributed by atoms with Crippen molar-refractivity contribution in [1.29, 1.82) is 0 Å². The highest BCUT2D eigenvalue weighted by molar-refractivity contribution is 6.30. The molecule has 1 amide bonds. The summed E-state index contributed by atoms with van der Waals surface area (Å²) in [7, 11) is 0. The number of carbonyl (C=O) groups is 1. The Balaban J connectivity index is 1.56. The van der Waals surface area contributed by atoms with Gasteiger partial charge in [-0.05, 0) is 29.7 Å². The van der Waals surface area contributed by atoms with Crippen LogP contribution in [-0.2, 0) is 6.54 Å². The molecule has 0 bridgehead atoms. The summed E-state index contributed by atoms with van der Waals surface area (Å²) in [5.41, 5.74) is 1.37. The lowest BCUT2D eigenvalue weighted by Crippen LogP contribution is -2.26. The van der Waals surface area contributed by atoms with E-state index in [1.807, 2.05) is 6.07 Å². The first-order valence-corrected chi connectivity index (χ1v) is 8.01. The third-order valence-corrected chi connectivity index (χ3v) is 4.12. The number of halogens is 1. The van der Waals surface area contributed by atoms with Gasteiger partial charge in [-0.15, -0.1) is 0 Å². The third kappa shape index (κ3) is 2.99. The minimum Gasteiger partial charge on any atom is -0.345 e. The van der Waals surface area contributed by atoms with Gasteiger partial charge in [-0.1, -0.05) is 29.8 Å². The molecule has 0 radical (unpaired) electrons. The summed E-state index contributed by atoms with van der Waals surface area (Å²) in [5, 5.41) is 4.64. The van der Waals surface area contributed by atoms with E-state index in [1.54, 1.807) is 53.2 Å². The van der Waals surface area contributed by atoms with Gasteiger partial charge >= 0.3 is 0 Å². The molecule has 0 unspecified atom stereocenters. The summed E-state index contributed by atoms with van der Waals surface area (Å²) in [5.74, 6) is -0.363. The van der Waals surface area contributed by atoms with E-state index in [1.165, 1.54) is 0 Å². The maximum Gasteiger partial charge on any atom is 0.268 e. The second-order valence-corrected chi connectivity index (χ2v) is 6.06. The number of imidazole rings is 1. The number of nitrogens with one attached hydrogen (secondary N) is 2. The number of carbonyl (C=O) groups excluding carboxylic acids is 1. The number of hydrogen-bond donors (Lipinski definition) is 2. The number of rotatable bonds is 3. The van der Waals surface area contributed by atoms with Crippen molar-refractivity contribution in [2.24, 2.45) is 0 Å². The van der Waals surface area contributed by atoms with E-state index in [0.29, 0.717) is 16.1 Å². The minimum absolute atomic E-state index is 0.218. The van der Waals surface area contributed by atoms with Gasteiger partial charge in [0, 0.05) is 17.8 Å². The van der Waals surface area contributed by atoms with Crippen LogP contribution in [0.5, 0.6) is 0 Å². The number of hydrogen-bond acceptors (Lipinski definition) is 3. The van der Waals surface area contributed by atoms with E-state index in [2.05, 4.69) is 15.3 Å². The summed E-state index contributed by atoms with van der Waals surface area (Å²) in [4.78, 5) is 31.4. The average molecular weight is 353 g/mol. The highest BCUT2D eigenvalue weighted by atomic mass is 35.5. The van der Waals surface area contributed by atoms with Gasteiger partial charge in [-0.2, -0.15) is 0 Å². The van der Waals surface area contributed by atoms with Crippen LogP contribution in [0, 0.1) is 0 Å². The molecule has 3 heterocycles. The topological polar surface area (TPSA) is 79.3 Å². The summed E-state index contributed by atoms with van der Waals surface area (Å²) in [6, 6.07) is 12.3. The van der Waals surface area contributed by atoms with Crippen LogP contribution in [0.25, 0.3) is 16.4 Å². The van der Waals surface area contributed by atoms with E-state index >= 15 is 0 Å². The van der Waals surface area contributed by atoms with Crippen LogP contribution in [0.15, 0.2) is 59.7 Å². The second-order valence-electron chi connectivity index (χ2n) is 5.63. The molecule has 0 atom stereocenters. The first kappa shape index (κ1) is 15.4. The first-order chi connectivity index (χ1) is 12.1. The molecule has 3 aromatic heterocycles. The normalized spacial score (nSPS) is 11.1. The van der Waals surface area contributed by atoms with Crippen LogP contribution in [0.3, 0.4) is 0 Å². The Hall–Kier alpha value is -3.12. The zero-order valence-electron chi connectivity index (χ0n) is 13.0. The predicted octanol–water partition coefficient (Wildman–Crippen LogP) is 2.76. The molecule has 0 aliphatic heterocycles. The highest BCUT2D eigenvalue weighted by Gasteiger charge is 2.10. The average Bonchev–Trinajstić information content (AvgIpc) is 3.01. The minimum atomic E-state index is -0.363. The van der Waals surface area contributed by atoms with Gasteiger partial charge in [-0.25, -0.2) is 4.98 Å². The fourth-order valence-electron chi connectivity index (χ4n) is 2.70. The Labute approximate surface area is 147 Å². The Morgan fingerprint density at radius 1 is 1.20 bits per heavy atom. The Morgan fingerprint density at radius 3 is 2.92 bits per heavy atom. The monoisotopic (exact) mass is 352 g/mol. The van der Waals surface area contributed by atoms with Gasteiger partial charge < -0.3 is 14.7 Å². The van der Waals surface area contributed by atoms with Crippen molar-refractivity contribution in [3.63, 3.8) is 0 Å². The number of nitrogens with zero attached hydrogens (tertiary/aromatic N) is 2. The molecular formula is C18H13ClN4O2. The molecular weight excluding hydrogens is 340 g/mol. The Kier molecular flexibility index (Phi) is 3.74. The van der Waals surface area contributed by atoms with Crippen molar-refractivity contribution in [1.82, 2.24) is 19.7 Å². The quantitative estimate of drug-likeness (QED) is 0.595. The molecule has 0 saturated carbocycles. The number of aromatic nitrogens is 3. The number of benzene rings is 1. The molecule has 0 spiro atoms. The fraction of sp³-hybridized carbons (Fsp3) is 0.0556. The predicted molar refractivity (Wildman–Crippen MR) is 95.9 cm³/mol. The molecule has 2 N–H and O–H groups in total. The molecule has 0 aliphatic carbocycles. The van der Waals surface area contributed by atoms with Crippen molar-refractivity contribution >= 4 is 33.9 Å². The van der Waals surface area contributed by atoms with Gasteiger partial charge in [0.25, 0.3) is 11.5 Å². The largest absolute Gasteiger partial charge is 0.345 e. The zero-order valence-corrected chi connectivity index (χ0v) is 13.7. The van der Waals surface area contributed by atoms with Crippen molar-refractivity contribution in [2.75, 3.05) is 0 Å². The smallest absolute Gasteiger partial charge is 0.268 e. The molecule has 0 fully saturated rings. The summed E-state index contributed by atoms with van der Waals surface area (Å²) < 4.78 is 1.79. The molecule has 4 rings (SSSR count). The molecule has 7 heteroatoms. The standard InChI is InChI=1S/C18H13ClN4O2/c19-12-5-6-16-21-13(10-23(16)9-12)8-20-18(25)15-7-11-3-1-2-4-14(11)17(24)22-15/h1-7,9-10H,8H2,(H,20,25)(H,22,24). The Bertz CT molecular complexity index is 1160. The number of aromatic amines is 1. The number of pyridine rings is 2. The van der Waals surface area contributed by atoms with Crippen molar-refractivity contribution in [2.45, 2.75) is 6.54 Å². The van der Waals surface area contributed by atoms with Crippen LogP contribution in [0.4, 0.5) is 0 Å². The lowest BCUT2D eigenvalue weighted by Gasteiger charge is -2.04. The van der Waals surface area contributed by atoms with Crippen molar-refractivity contribution < 1.29 is 4.79 Å². The van der Waals surface area contributed by atoms with Gasteiger partial charge in [0.2, 0.25) is 0 Å². The van der Waals surface area contributed by atoms with E-state index in [-0.39, 0.29) is 23.7 Å². The Morgan fingerprint density at radius 2 is 2.04 bits per heavy atom. The second kappa shape index (κ2) is 6.07. The van der Waals surface area contributed by atoms with Crippen LogP contribution < -0.4 is 10.9 Å². The zero-order chi connectivity index (χ0) is 17.4. The number of H-pyrrole nitrogens is 1. The van der Waals surface area contributed by atoms with Gasteiger partial charge in [0.1, 0.15) is 11.3 Å². The number of fused-ring (bicyclic) bond motifs is 2. The molecule has 4 aromatic rings. The molecule has 1 aromatic carbocycles. The van der Waals surface area contributed by atoms with Gasteiger partial charge in [0.15, 0.2) is 0 Å². The first-order valence-electron chi connectivity index (χ1n) is 7.63. The van der Waals surface area contributed by atoms with E-state index in [4.69, 9.17) is 11.6 Å². The van der Waals surface area contributed by atoms with Gasteiger partial charge in [-0.3, -0.25) is 9.59 Å². The fourth-order valence-corrected chi connectivity index (χ4v) is 2.87. The molecule has 6 nitrogen and oxygen atoms in total. The maximum atomic E-state index is 12.3. The molecule has 25 heavy (non-hydrogen) atoms. The third-order valence-electron chi connectivity index (χ3n) is 3.89. The highest BCUT2D eigenvalue weighted by Crippen LogP contribution is 2.12. The maximum absolute atomic E-state index is 12.3. The summed E-state index contributed by atoms with van der Waals surface area (Å²) >= 11 is 5.95. The van der Waals surface area contributed by atoms with Gasteiger partial charge in [0.05, 0.1) is 17.3 Å². The number of amides is 1. The van der Waals surface area contributed by atoms with E-state index < -0.39 is 0 Å².